The number of carboxylic acid groups (broad SMARTS) is 2. The van der Waals surface area contributed by atoms with Crippen LogP contribution in [0, 0.1) is 5.92 Å². The van der Waals surface area contributed by atoms with E-state index in [1.165, 1.54) is 0 Å². The summed E-state index contributed by atoms with van der Waals surface area (Å²) in [5.74, 6) is -7.59. The number of amides is 5. The van der Waals surface area contributed by atoms with Crippen molar-refractivity contribution in [1.29, 1.82) is 0 Å². The van der Waals surface area contributed by atoms with Crippen LogP contribution in [0.1, 0.15) is 50.7 Å². The molecule has 0 saturated heterocycles. The predicted molar refractivity (Wildman–Crippen MR) is 228 cm³/mol. The van der Waals surface area contributed by atoms with Gasteiger partial charge in [0.1, 0.15) is 30.2 Å². The summed E-state index contributed by atoms with van der Waals surface area (Å²) >= 11 is 0. The van der Waals surface area contributed by atoms with Crippen LogP contribution in [0.15, 0.2) is 65.9 Å². The van der Waals surface area contributed by atoms with E-state index in [2.05, 4.69) is 41.5 Å². The molecule has 4 aromatic rings. The topological polar surface area (TPSA) is 362 Å². The van der Waals surface area contributed by atoms with Gasteiger partial charge < -0.3 is 69.1 Å². The van der Waals surface area contributed by atoms with Gasteiger partial charge in [0.05, 0.1) is 12.6 Å². The second-order valence-electron chi connectivity index (χ2n) is 15.1. The smallest absolute Gasteiger partial charge is 0.326 e. The first-order valence-electron chi connectivity index (χ1n) is 20.0. The van der Waals surface area contributed by atoms with Gasteiger partial charge in [0.2, 0.25) is 29.5 Å². The summed E-state index contributed by atoms with van der Waals surface area (Å²) in [6.45, 7) is 2.37. The van der Waals surface area contributed by atoms with Crippen LogP contribution >= 0.6 is 0 Å². The van der Waals surface area contributed by atoms with E-state index >= 15 is 0 Å². The highest BCUT2D eigenvalue weighted by atomic mass is 16.4. The number of hydrogen-bond acceptors (Lipinski definition) is 10. The highest BCUT2D eigenvalue weighted by Crippen LogP contribution is 2.21. The molecule has 0 bridgehead atoms. The van der Waals surface area contributed by atoms with Gasteiger partial charge >= 0.3 is 11.9 Å². The summed E-state index contributed by atoms with van der Waals surface area (Å²) in [6.07, 6.45) is 2.52. The molecule has 62 heavy (non-hydrogen) atoms. The molecule has 21 heteroatoms. The molecule has 0 aliphatic rings. The van der Waals surface area contributed by atoms with Gasteiger partial charge in [0.25, 0.3) is 0 Å². The SMILES string of the molecule is CC(C)[C@H](NC(=O)[C@H](Cc1c[nH]c2ccccc12)NC(=O)[C@H](Cc1c[nH]c2ccccc12)NC(=O)[C@H](CCCN=C(N)N)NC(=O)[C@H](CO)NC(=O)[C@@H](N)CCC(=O)O)C(=O)O. The number of rotatable bonds is 24. The largest absolute Gasteiger partial charge is 0.481 e. The molecule has 334 valence electrons. The lowest BCUT2D eigenvalue weighted by Gasteiger charge is -2.27. The molecular formula is C41H55N11O10. The van der Waals surface area contributed by atoms with E-state index < -0.39 is 96.7 Å². The van der Waals surface area contributed by atoms with Gasteiger partial charge in [-0.25, -0.2) is 4.79 Å². The van der Waals surface area contributed by atoms with Crippen LogP contribution in [0.5, 0.6) is 0 Å². The number of benzene rings is 2. The van der Waals surface area contributed by atoms with Crippen LogP contribution < -0.4 is 43.8 Å². The van der Waals surface area contributed by atoms with Crippen LogP contribution in [-0.2, 0) is 46.4 Å². The molecule has 0 spiro atoms. The van der Waals surface area contributed by atoms with Crippen molar-refractivity contribution in [2.75, 3.05) is 13.2 Å². The maximum Gasteiger partial charge on any atom is 0.326 e. The Morgan fingerprint density at radius 3 is 1.61 bits per heavy atom. The van der Waals surface area contributed by atoms with Gasteiger partial charge in [-0.1, -0.05) is 50.2 Å². The quantitative estimate of drug-likeness (QED) is 0.0225. The molecule has 5 amide bonds. The molecule has 6 atom stereocenters. The molecule has 2 aromatic heterocycles. The molecule has 21 nitrogen and oxygen atoms in total. The molecule has 16 N–H and O–H groups in total. The fourth-order valence-corrected chi connectivity index (χ4v) is 6.70. The molecule has 2 heterocycles. The van der Waals surface area contributed by atoms with Crippen molar-refractivity contribution in [1.82, 2.24) is 36.6 Å². The van der Waals surface area contributed by atoms with Crippen molar-refractivity contribution in [2.24, 2.45) is 28.1 Å². The normalized spacial score (nSPS) is 14.1. The van der Waals surface area contributed by atoms with Gasteiger partial charge in [-0.15, -0.1) is 0 Å². The molecule has 0 aliphatic heterocycles. The molecule has 0 fully saturated rings. The fourth-order valence-electron chi connectivity index (χ4n) is 6.70. The zero-order valence-electron chi connectivity index (χ0n) is 34.4. The van der Waals surface area contributed by atoms with Gasteiger partial charge in [-0.2, -0.15) is 0 Å². The van der Waals surface area contributed by atoms with E-state index in [0.717, 1.165) is 21.8 Å². The Morgan fingerprint density at radius 1 is 0.661 bits per heavy atom. The van der Waals surface area contributed by atoms with E-state index in [-0.39, 0.29) is 44.6 Å². The first-order chi connectivity index (χ1) is 29.5. The van der Waals surface area contributed by atoms with Crippen LogP contribution in [0.2, 0.25) is 0 Å². The third-order valence-corrected chi connectivity index (χ3v) is 10.1. The van der Waals surface area contributed by atoms with Gasteiger partial charge in [-0.05, 0) is 48.4 Å². The van der Waals surface area contributed by atoms with Gasteiger partial charge in [0.15, 0.2) is 5.96 Å². The maximum atomic E-state index is 14.5. The monoisotopic (exact) mass is 861 g/mol. The lowest BCUT2D eigenvalue weighted by atomic mass is 9.99. The summed E-state index contributed by atoms with van der Waals surface area (Å²) < 4.78 is 0. The predicted octanol–water partition coefficient (Wildman–Crippen LogP) is -1.16. The number of H-pyrrole nitrogens is 2. The minimum Gasteiger partial charge on any atom is -0.481 e. The van der Waals surface area contributed by atoms with Crippen molar-refractivity contribution in [3.05, 3.63) is 72.1 Å². The average Bonchev–Trinajstić information content (AvgIpc) is 3.84. The number of aliphatic hydroxyl groups is 1. The van der Waals surface area contributed by atoms with Crippen LogP contribution in [0.3, 0.4) is 0 Å². The molecule has 0 unspecified atom stereocenters. The zero-order valence-corrected chi connectivity index (χ0v) is 34.4. The number of aliphatic imine (C=N–C) groups is 1. The Balaban J connectivity index is 1.66. The first kappa shape index (κ1) is 47.7. The number of nitrogens with zero attached hydrogens (tertiary/aromatic N) is 1. The molecule has 0 aliphatic carbocycles. The number of nitrogens with one attached hydrogen (secondary N) is 7. The van der Waals surface area contributed by atoms with Gasteiger partial charge in [0, 0.05) is 60.0 Å². The Hall–Kier alpha value is -7.00. The number of carbonyl (C=O) groups is 7. The Morgan fingerprint density at radius 2 is 1.13 bits per heavy atom. The van der Waals surface area contributed by atoms with E-state index in [9.17, 15) is 43.8 Å². The van der Waals surface area contributed by atoms with Crippen molar-refractivity contribution >= 4 is 69.2 Å². The number of aromatic amines is 2. The van der Waals surface area contributed by atoms with Crippen LogP contribution in [-0.4, -0.2) is 122 Å². The molecule has 4 rings (SSSR count). The van der Waals surface area contributed by atoms with Crippen LogP contribution in [0.4, 0.5) is 0 Å². The second kappa shape index (κ2) is 22.6. The number of aliphatic carboxylic acids is 2. The number of aliphatic hydroxyl groups excluding tert-OH is 1. The maximum absolute atomic E-state index is 14.5. The standard InChI is InChI=1S/C41H55N11O10/c1-21(2)34(40(61)62)52-38(59)31(17-23-19-47-28-11-6-4-9-25(23)28)50-37(58)30(16-22-18-46-27-10-5-3-8-24(22)27)49-36(57)29(12-7-15-45-41(43)44)48-39(60)32(20-53)51-35(56)26(42)13-14-33(54)55/h3-6,8-11,18-19,21,26,29-32,34,46-47,53H,7,12-17,20,42H2,1-2H3,(H,48,60)(H,49,57)(H,50,58)(H,51,56)(H,52,59)(H,54,55)(H,61,62)(H4,43,44,45)/t26-,29-,30-,31-,32-,34-/m0/s1. The molecular weight excluding hydrogens is 807 g/mol. The minimum absolute atomic E-state index is 0.0399. The molecule has 0 radical (unpaired) electrons. The van der Waals surface area contributed by atoms with E-state index in [0.29, 0.717) is 11.1 Å². The average molecular weight is 862 g/mol. The Bertz CT molecular complexity index is 2250. The summed E-state index contributed by atoms with van der Waals surface area (Å²) in [5.41, 5.74) is 19.5. The van der Waals surface area contributed by atoms with Gasteiger partial charge in [-0.3, -0.25) is 33.8 Å². The lowest BCUT2D eigenvalue weighted by Crippen LogP contribution is -2.60. The Kier molecular flexibility index (Phi) is 17.3. The summed E-state index contributed by atoms with van der Waals surface area (Å²) in [7, 11) is 0. The summed E-state index contributed by atoms with van der Waals surface area (Å²) in [5, 5.41) is 43.1. The third-order valence-electron chi connectivity index (χ3n) is 10.1. The summed E-state index contributed by atoms with van der Waals surface area (Å²) in [6, 6.07) is 6.15. The minimum atomic E-state index is -1.61. The van der Waals surface area contributed by atoms with Crippen molar-refractivity contribution in [3.63, 3.8) is 0 Å². The Labute approximate surface area is 356 Å². The first-order valence-corrected chi connectivity index (χ1v) is 20.0. The lowest BCUT2D eigenvalue weighted by molar-refractivity contribution is -0.143. The van der Waals surface area contributed by atoms with E-state index in [1.807, 2.05) is 36.4 Å². The van der Waals surface area contributed by atoms with Crippen molar-refractivity contribution < 1.29 is 48.9 Å². The number of aromatic nitrogens is 2. The van der Waals surface area contributed by atoms with E-state index in [4.69, 9.17) is 22.3 Å². The van der Waals surface area contributed by atoms with Crippen molar-refractivity contribution in [2.45, 2.75) is 88.6 Å². The molecule has 0 saturated carbocycles. The highest BCUT2D eigenvalue weighted by Gasteiger charge is 2.34. The number of carboxylic acids is 2. The van der Waals surface area contributed by atoms with Crippen LogP contribution in [0.25, 0.3) is 21.8 Å². The fraction of sp³-hybridized carbons (Fsp3) is 0.415. The third kappa shape index (κ3) is 13.5. The summed E-state index contributed by atoms with van der Waals surface area (Å²) in [4.78, 5) is 102. The number of fused-ring (bicyclic) bond motifs is 2. The van der Waals surface area contributed by atoms with Crippen molar-refractivity contribution in [3.8, 4) is 0 Å². The highest BCUT2D eigenvalue weighted by molar-refractivity contribution is 5.97. The number of nitrogens with two attached hydrogens (primary N) is 3. The number of carbonyl (C=O) groups excluding carboxylic acids is 5. The number of hydrogen-bond donors (Lipinski definition) is 13. The van der Waals surface area contributed by atoms with E-state index in [1.54, 1.807) is 38.4 Å². The molecule has 2 aromatic carbocycles. The zero-order chi connectivity index (χ0) is 45.5. The number of para-hydroxylation sites is 2. The number of guanidine groups is 1. The second-order valence-corrected chi connectivity index (χ2v) is 15.1.